The summed E-state index contributed by atoms with van der Waals surface area (Å²) in [4.78, 5) is 0. The number of hydrogen-bond donors (Lipinski definition) is 1. The topological polar surface area (TPSA) is 29.5 Å². The summed E-state index contributed by atoms with van der Waals surface area (Å²) in [5.74, 6) is 0.271. The molecule has 2 rings (SSSR count). The molecule has 2 aromatic carbocycles. The number of benzene rings is 2. The molecule has 0 aromatic heterocycles. The van der Waals surface area contributed by atoms with Gasteiger partial charge in [0.1, 0.15) is 18.2 Å². The van der Waals surface area contributed by atoms with E-state index in [0.717, 1.165) is 10.0 Å². The maximum absolute atomic E-state index is 13.3. The fraction of sp³-hybridized carbons (Fsp3) is 0.200. The predicted molar refractivity (Wildman–Crippen MR) is 83.2 cm³/mol. The van der Waals surface area contributed by atoms with Crippen molar-refractivity contribution in [2.45, 2.75) is 19.6 Å². The second-order valence-corrected chi connectivity index (χ2v) is 6.26. The van der Waals surface area contributed by atoms with Crippen LogP contribution in [0.15, 0.2) is 45.3 Å². The van der Waals surface area contributed by atoms with Crippen LogP contribution in [0.4, 0.5) is 4.39 Å². The summed E-state index contributed by atoms with van der Waals surface area (Å²) in [5.41, 5.74) is 1.41. The molecule has 20 heavy (non-hydrogen) atoms. The van der Waals surface area contributed by atoms with E-state index < -0.39 is 6.10 Å². The standard InChI is InChI=1S/C15H13Br2FO2/c1-9(19)14-7-11(16)2-3-15(14)20-8-10-4-12(17)6-13(18)5-10/h2-7,9,19H,8H2,1H3/t9-/m1/s1. The van der Waals surface area contributed by atoms with E-state index in [0.29, 0.717) is 15.8 Å². The second-order valence-electron chi connectivity index (χ2n) is 4.42. The summed E-state index contributed by atoms with van der Waals surface area (Å²) >= 11 is 6.60. The van der Waals surface area contributed by atoms with Crippen LogP contribution < -0.4 is 4.74 Å². The Bertz CT molecular complexity index is 595. The first-order valence-electron chi connectivity index (χ1n) is 6.01. The summed E-state index contributed by atoms with van der Waals surface area (Å²) in [6.07, 6.45) is -0.637. The Kier molecular flexibility index (Phi) is 5.18. The third-order valence-corrected chi connectivity index (χ3v) is 3.69. The maximum Gasteiger partial charge on any atom is 0.125 e. The highest BCUT2D eigenvalue weighted by Gasteiger charge is 2.10. The molecule has 0 radical (unpaired) electrons. The van der Waals surface area contributed by atoms with Crippen LogP contribution in [0.25, 0.3) is 0 Å². The van der Waals surface area contributed by atoms with E-state index in [-0.39, 0.29) is 12.4 Å². The van der Waals surface area contributed by atoms with E-state index in [4.69, 9.17) is 4.74 Å². The second kappa shape index (κ2) is 6.70. The van der Waals surface area contributed by atoms with Crippen molar-refractivity contribution in [3.05, 3.63) is 62.3 Å². The molecule has 0 unspecified atom stereocenters. The molecule has 5 heteroatoms. The lowest BCUT2D eigenvalue weighted by molar-refractivity contribution is 0.190. The van der Waals surface area contributed by atoms with Crippen LogP contribution >= 0.6 is 31.9 Å². The van der Waals surface area contributed by atoms with Gasteiger partial charge in [0, 0.05) is 14.5 Å². The van der Waals surface area contributed by atoms with Crippen LogP contribution in [-0.4, -0.2) is 5.11 Å². The summed E-state index contributed by atoms with van der Waals surface area (Å²) in [5, 5.41) is 9.75. The van der Waals surface area contributed by atoms with Gasteiger partial charge in [-0.05, 0) is 48.9 Å². The number of hydrogen-bond acceptors (Lipinski definition) is 2. The molecule has 0 fully saturated rings. The van der Waals surface area contributed by atoms with Crippen LogP contribution in [0.1, 0.15) is 24.2 Å². The SMILES string of the molecule is C[C@@H](O)c1cc(Br)ccc1OCc1cc(F)cc(Br)c1. The summed E-state index contributed by atoms with van der Waals surface area (Å²) < 4.78 is 20.5. The molecule has 0 aliphatic carbocycles. The van der Waals surface area contributed by atoms with Gasteiger partial charge in [0.15, 0.2) is 0 Å². The van der Waals surface area contributed by atoms with Gasteiger partial charge in [-0.1, -0.05) is 31.9 Å². The lowest BCUT2D eigenvalue weighted by atomic mass is 10.1. The Hall–Kier alpha value is -0.910. The van der Waals surface area contributed by atoms with Gasteiger partial charge in [0.25, 0.3) is 0 Å². The number of aliphatic hydroxyl groups is 1. The predicted octanol–water partition coefficient (Wildman–Crippen LogP) is 4.98. The fourth-order valence-electron chi connectivity index (χ4n) is 1.83. The molecule has 0 heterocycles. The Balaban J connectivity index is 2.18. The highest BCUT2D eigenvalue weighted by Crippen LogP contribution is 2.29. The molecule has 106 valence electrons. The van der Waals surface area contributed by atoms with E-state index in [1.165, 1.54) is 12.1 Å². The summed E-state index contributed by atoms with van der Waals surface area (Å²) in [6.45, 7) is 1.91. The van der Waals surface area contributed by atoms with Crippen LogP contribution in [0.5, 0.6) is 5.75 Å². The molecule has 0 aliphatic rings. The van der Waals surface area contributed by atoms with Crippen molar-refractivity contribution >= 4 is 31.9 Å². The summed E-state index contributed by atoms with van der Waals surface area (Å²) in [7, 11) is 0. The quantitative estimate of drug-likeness (QED) is 0.779. The number of ether oxygens (including phenoxy) is 1. The normalized spacial score (nSPS) is 12.2. The zero-order valence-electron chi connectivity index (χ0n) is 10.7. The monoisotopic (exact) mass is 402 g/mol. The minimum Gasteiger partial charge on any atom is -0.489 e. The van der Waals surface area contributed by atoms with Crippen molar-refractivity contribution < 1.29 is 14.2 Å². The number of halogens is 3. The van der Waals surface area contributed by atoms with Crippen molar-refractivity contribution in [2.24, 2.45) is 0 Å². The van der Waals surface area contributed by atoms with Crippen molar-refractivity contribution in [1.29, 1.82) is 0 Å². The Morgan fingerprint density at radius 3 is 2.55 bits per heavy atom. The molecule has 2 aromatic rings. The number of rotatable bonds is 4. The van der Waals surface area contributed by atoms with Gasteiger partial charge < -0.3 is 9.84 Å². The minimum atomic E-state index is -0.637. The van der Waals surface area contributed by atoms with Crippen molar-refractivity contribution in [3.63, 3.8) is 0 Å². The van der Waals surface area contributed by atoms with Gasteiger partial charge in [-0.15, -0.1) is 0 Å². The third kappa shape index (κ3) is 4.04. The lowest BCUT2D eigenvalue weighted by Gasteiger charge is -2.14. The summed E-state index contributed by atoms with van der Waals surface area (Å²) in [6, 6.07) is 10.0. The molecule has 0 spiro atoms. The largest absolute Gasteiger partial charge is 0.489 e. The van der Waals surface area contributed by atoms with Gasteiger partial charge >= 0.3 is 0 Å². The molecule has 0 saturated carbocycles. The smallest absolute Gasteiger partial charge is 0.125 e. The minimum absolute atomic E-state index is 0.234. The van der Waals surface area contributed by atoms with Gasteiger partial charge in [-0.2, -0.15) is 0 Å². The molecule has 0 saturated heterocycles. The van der Waals surface area contributed by atoms with Crippen LogP contribution in [-0.2, 0) is 6.61 Å². The van der Waals surface area contributed by atoms with Crippen LogP contribution in [0.3, 0.4) is 0 Å². The van der Waals surface area contributed by atoms with E-state index in [1.807, 2.05) is 12.1 Å². The lowest BCUT2D eigenvalue weighted by Crippen LogP contribution is -2.01. The Morgan fingerprint density at radius 2 is 1.90 bits per heavy atom. The molecule has 0 amide bonds. The van der Waals surface area contributed by atoms with E-state index >= 15 is 0 Å². The molecule has 1 atom stereocenters. The Morgan fingerprint density at radius 1 is 1.15 bits per heavy atom. The zero-order chi connectivity index (χ0) is 14.7. The molecule has 0 bridgehead atoms. The van der Waals surface area contributed by atoms with Crippen molar-refractivity contribution in [3.8, 4) is 5.75 Å². The average Bonchev–Trinajstić information content (AvgIpc) is 2.36. The first-order chi connectivity index (χ1) is 9.45. The van der Waals surface area contributed by atoms with Crippen molar-refractivity contribution in [1.82, 2.24) is 0 Å². The molecule has 0 aliphatic heterocycles. The highest BCUT2D eigenvalue weighted by atomic mass is 79.9. The Labute approximate surface area is 133 Å². The average molecular weight is 404 g/mol. The van der Waals surface area contributed by atoms with E-state index in [9.17, 15) is 9.50 Å². The first kappa shape index (κ1) is 15.5. The third-order valence-electron chi connectivity index (χ3n) is 2.74. The molecular formula is C15H13Br2FO2. The van der Waals surface area contributed by atoms with Gasteiger partial charge in [0.05, 0.1) is 6.10 Å². The van der Waals surface area contributed by atoms with E-state index in [1.54, 1.807) is 19.1 Å². The van der Waals surface area contributed by atoms with Gasteiger partial charge in [-0.25, -0.2) is 4.39 Å². The molecule has 2 nitrogen and oxygen atoms in total. The zero-order valence-corrected chi connectivity index (χ0v) is 13.9. The van der Waals surface area contributed by atoms with Crippen LogP contribution in [0.2, 0.25) is 0 Å². The van der Waals surface area contributed by atoms with E-state index in [2.05, 4.69) is 31.9 Å². The first-order valence-corrected chi connectivity index (χ1v) is 7.59. The van der Waals surface area contributed by atoms with Gasteiger partial charge in [-0.3, -0.25) is 0 Å². The van der Waals surface area contributed by atoms with Crippen LogP contribution in [0, 0.1) is 5.82 Å². The molecule has 1 N–H and O–H groups in total. The molecular weight excluding hydrogens is 391 g/mol. The fourth-order valence-corrected chi connectivity index (χ4v) is 2.72. The van der Waals surface area contributed by atoms with Crippen molar-refractivity contribution in [2.75, 3.05) is 0 Å². The van der Waals surface area contributed by atoms with Gasteiger partial charge in [0.2, 0.25) is 0 Å². The maximum atomic E-state index is 13.3. The number of aliphatic hydroxyl groups excluding tert-OH is 1. The highest BCUT2D eigenvalue weighted by molar-refractivity contribution is 9.10.